The van der Waals surface area contributed by atoms with Gasteiger partial charge in [-0.3, -0.25) is 0 Å². The summed E-state index contributed by atoms with van der Waals surface area (Å²) in [5.41, 5.74) is 0.895. The van der Waals surface area contributed by atoms with Crippen LogP contribution in [0.1, 0.15) is 12.8 Å². The first kappa shape index (κ1) is 12.8. The Bertz CT molecular complexity index is 267. The van der Waals surface area contributed by atoms with Crippen LogP contribution in [0.25, 0.3) is 0 Å². The van der Waals surface area contributed by atoms with Gasteiger partial charge in [-0.15, -0.1) is 6.58 Å². The Hall–Kier alpha value is -1.29. The van der Waals surface area contributed by atoms with Crippen LogP contribution in [0.15, 0.2) is 24.4 Å². The molecule has 0 N–H and O–H groups in total. The van der Waals surface area contributed by atoms with Crippen molar-refractivity contribution in [2.75, 3.05) is 33.4 Å². The molecule has 1 heterocycles. The highest BCUT2D eigenvalue weighted by Crippen LogP contribution is 2.15. The van der Waals surface area contributed by atoms with Gasteiger partial charge in [0.1, 0.15) is 0 Å². The quantitative estimate of drug-likeness (QED) is 0.296. The Labute approximate surface area is 96.5 Å². The molecule has 1 aliphatic rings. The second-order valence-electron chi connectivity index (χ2n) is 3.66. The molecule has 4 nitrogen and oxygen atoms in total. The predicted octanol–water partition coefficient (Wildman–Crippen LogP) is 1.34. The third-order valence-corrected chi connectivity index (χ3v) is 2.48. The lowest BCUT2D eigenvalue weighted by Gasteiger charge is -2.21. The maximum atomic E-state index is 11.2. The fraction of sp³-hybridized carbons (Fsp3) is 0.583. The van der Waals surface area contributed by atoms with E-state index in [4.69, 9.17) is 4.74 Å². The van der Waals surface area contributed by atoms with Crippen LogP contribution in [-0.2, 0) is 14.3 Å². The topological polar surface area (TPSA) is 38.8 Å². The van der Waals surface area contributed by atoms with Crippen molar-refractivity contribution in [2.45, 2.75) is 12.8 Å². The molecular weight excluding hydrogens is 206 g/mol. The molecule has 0 radical (unpaired) electrons. The molecule has 0 aliphatic carbocycles. The fourth-order valence-electron chi connectivity index (χ4n) is 1.67. The molecule has 0 spiro atoms. The van der Waals surface area contributed by atoms with Gasteiger partial charge in [0.15, 0.2) is 0 Å². The van der Waals surface area contributed by atoms with Gasteiger partial charge in [-0.2, -0.15) is 0 Å². The molecule has 0 aromatic heterocycles. The van der Waals surface area contributed by atoms with E-state index in [-0.39, 0.29) is 5.97 Å². The molecule has 0 bridgehead atoms. The average Bonchev–Trinajstić information content (AvgIpc) is 2.81. The minimum atomic E-state index is -0.330. The maximum absolute atomic E-state index is 11.2. The van der Waals surface area contributed by atoms with E-state index in [1.54, 1.807) is 6.08 Å². The number of carbonyl (C=O) groups is 1. The third-order valence-electron chi connectivity index (χ3n) is 2.48. The van der Waals surface area contributed by atoms with E-state index in [0.717, 1.165) is 18.8 Å². The van der Waals surface area contributed by atoms with Crippen LogP contribution >= 0.6 is 0 Å². The predicted molar refractivity (Wildman–Crippen MR) is 61.9 cm³/mol. The molecule has 0 aromatic carbocycles. The summed E-state index contributed by atoms with van der Waals surface area (Å²) in [6.45, 7) is 6.48. The van der Waals surface area contributed by atoms with Gasteiger partial charge in [-0.25, -0.2) is 4.79 Å². The fourth-order valence-corrected chi connectivity index (χ4v) is 1.67. The van der Waals surface area contributed by atoms with E-state index in [9.17, 15) is 4.79 Å². The van der Waals surface area contributed by atoms with E-state index in [1.165, 1.54) is 26.0 Å². The van der Waals surface area contributed by atoms with Crippen LogP contribution in [0.3, 0.4) is 0 Å². The number of hydrogen-bond donors (Lipinski definition) is 0. The number of likely N-dealkylation sites (tertiary alicyclic amines) is 1. The molecule has 0 aromatic rings. The van der Waals surface area contributed by atoms with Gasteiger partial charge < -0.3 is 14.4 Å². The first-order valence-corrected chi connectivity index (χ1v) is 5.50. The second-order valence-corrected chi connectivity index (χ2v) is 3.66. The van der Waals surface area contributed by atoms with Gasteiger partial charge in [0.25, 0.3) is 0 Å². The Morgan fingerprint density at radius 2 is 2.12 bits per heavy atom. The number of nitrogens with zero attached hydrogens (tertiary/aromatic N) is 1. The zero-order valence-corrected chi connectivity index (χ0v) is 9.78. The van der Waals surface area contributed by atoms with Crippen LogP contribution in [-0.4, -0.2) is 44.3 Å². The first-order valence-electron chi connectivity index (χ1n) is 5.50. The molecule has 1 aliphatic heterocycles. The molecule has 90 valence electrons. The Morgan fingerprint density at radius 3 is 2.69 bits per heavy atom. The molecule has 16 heavy (non-hydrogen) atoms. The zero-order valence-electron chi connectivity index (χ0n) is 9.78. The van der Waals surface area contributed by atoms with Crippen molar-refractivity contribution in [3.63, 3.8) is 0 Å². The zero-order chi connectivity index (χ0) is 11.8. The van der Waals surface area contributed by atoms with Crippen LogP contribution in [0.2, 0.25) is 0 Å². The summed E-state index contributed by atoms with van der Waals surface area (Å²) >= 11 is 0. The Kier molecular flexibility index (Phi) is 5.64. The summed E-state index contributed by atoms with van der Waals surface area (Å²) in [6, 6.07) is 0. The summed E-state index contributed by atoms with van der Waals surface area (Å²) in [7, 11) is 1.38. The highest BCUT2D eigenvalue weighted by molar-refractivity contribution is 5.82. The Balaban J connectivity index is 2.56. The molecule has 0 saturated carbocycles. The molecule has 0 atom stereocenters. The molecule has 0 amide bonds. The van der Waals surface area contributed by atoms with E-state index in [1.807, 2.05) is 0 Å². The van der Waals surface area contributed by atoms with Crippen molar-refractivity contribution in [1.82, 2.24) is 4.90 Å². The van der Waals surface area contributed by atoms with Crippen molar-refractivity contribution >= 4 is 5.97 Å². The van der Waals surface area contributed by atoms with E-state index >= 15 is 0 Å². The molecule has 1 rings (SSSR count). The smallest absolute Gasteiger partial charge is 0.332 e. The van der Waals surface area contributed by atoms with E-state index in [0.29, 0.717) is 13.2 Å². The number of esters is 1. The van der Waals surface area contributed by atoms with Gasteiger partial charge >= 0.3 is 5.97 Å². The summed E-state index contributed by atoms with van der Waals surface area (Å²) in [6.07, 6.45) is 5.54. The third kappa shape index (κ3) is 4.06. The Morgan fingerprint density at radius 1 is 1.44 bits per heavy atom. The lowest BCUT2D eigenvalue weighted by atomic mass is 10.3. The highest BCUT2D eigenvalue weighted by Gasteiger charge is 2.16. The number of hydrogen-bond acceptors (Lipinski definition) is 4. The molecule has 1 saturated heterocycles. The lowest BCUT2D eigenvalue weighted by molar-refractivity contribution is -0.135. The highest BCUT2D eigenvalue weighted by atomic mass is 16.5. The summed E-state index contributed by atoms with van der Waals surface area (Å²) < 4.78 is 10.00. The second kappa shape index (κ2) is 7.06. The van der Waals surface area contributed by atoms with Gasteiger partial charge in [0.05, 0.1) is 20.3 Å². The van der Waals surface area contributed by atoms with E-state index in [2.05, 4.69) is 16.2 Å². The minimum absolute atomic E-state index is 0.330. The van der Waals surface area contributed by atoms with Gasteiger partial charge in [-0.1, -0.05) is 6.08 Å². The molecule has 1 fully saturated rings. The van der Waals surface area contributed by atoms with Crippen molar-refractivity contribution in [2.24, 2.45) is 0 Å². The summed E-state index contributed by atoms with van der Waals surface area (Å²) in [5, 5.41) is 0. The van der Waals surface area contributed by atoms with E-state index < -0.39 is 0 Å². The number of ether oxygens (including phenoxy) is 2. The van der Waals surface area contributed by atoms with Crippen LogP contribution in [0.4, 0.5) is 0 Å². The maximum Gasteiger partial charge on any atom is 0.332 e. The average molecular weight is 225 g/mol. The number of carbonyl (C=O) groups excluding carboxylic acids is 1. The van der Waals surface area contributed by atoms with Gasteiger partial charge in [0.2, 0.25) is 0 Å². The molecular formula is C12H19NO3. The van der Waals surface area contributed by atoms with Gasteiger partial charge in [-0.05, 0) is 12.8 Å². The van der Waals surface area contributed by atoms with Crippen molar-refractivity contribution in [3.8, 4) is 0 Å². The van der Waals surface area contributed by atoms with Crippen molar-refractivity contribution in [3.05, 3.63) is 24.4 Å². The largest absolute Gasteiger partial charge is 0.466 e. The number of methoxy groups -OCH3 is 1. The number of rotatable bonds is 6. The first-order chi connectivity index (χ1) is 7.77. The van der Waals surface area contributed by atoms with Crippen molar-refractivity contribution in [1.29, 1.82) is 0 Å². The van der Waals surface area contributed by atoms with Crippen LogP contribution in [0, 0.1) is 0 Å². The SMILES string of the molecule is C=CCOC/C(=C\C(=O)OC)N1CCCC1. The molecule has 0 unspecified atom stereocenters. The summed E-state index contributed by atoms with van der Waals surface area (Å²) in [4.78, 5) is 13.4. The standard InChI is InChI=1S/C12H19NO3/c1-3-8-16-10-11(9-12(14)15-2)13-6-4-5-7-13/h3,9H,1,4-8,10H2,2H3/b11-9+. The van der Waals surface area contributed by atoms with Crippen molar-refractivity contribution < 1.29 is 14.3 Å². The normalized spacial score (nSPS) is 16.3. The summed E-state index contributed by atoms with van der Waals surface area (Å²) in [5.74, 6) is -0.330. The minimum Gasteiger partial charge on any atom is -0.466 e. The van der Waals surface area contributed by atoms with Crippen LogP contribution < -0.4 is 0 Å². The monoisotopic (exact) mass is 225 g/mol. The molecule has 4 heteroatoms. The lowest BCUT2D eigenvalue weighted by Crippen LogP contribution is -2.23. The van der Waals surface area contributed by atoms with Gasteiger partial charge in [0, 0.05) is 24.9 Å². The van der Waals surface area contributed by atoms with Crippen LogP contribution in [0.5, 0.6) is 0 Å².